The first kappa shape index (κ1) is 13.4. The van der Waals surface area contributed by atoms with Gasteiger partial charge in [0.25, 0.3) is 0 Å². The molecule has 116 valence electrons. The number of amides is 2. The summed E-state index contributed by atoms with van der Waals surface area (Å²) in [7, 11) is 0. The van der Waals surface area contributed by atoms with Gasteiger partial charge in [0.15, 0.2) is 0 Å². The molecule has 5 heteroatoms. The summed E-state index contributed by atoms with van der Waals surface area (Å²) in [6.07, 6.45) is 11.9. The third kappa shape index (κ3) is 2.52. The molecule has 1 saturated carbocycles. The van der Waals surface area contributed by atoms with E-state index in [9.17, 15) is 4.79 Å². The van der Waals surface area contributed by atoms with Gasteiger partial charge >= 0.3 is 6.03 Å². The summed E-state index contributed by atoms with van der Waals surface area (Å²) < 4.78 is 0. The van der Waals surface area contributed by atoms with Crippen LogP contribution in [0.4, 0.5) is 4.79 Å². The zero-order valence-electron chi connectivity index (χ0n) is 12.6. The van der Waals surface area contributed by atoms with E-state index in [4.69, 9.17) is 0 Å². The summed E-state index contributed by atoms with van der Waals surface area (Å²) in [5.41, 5.74) is 0. The Morgan fingerprint density at radius 3 is 2.71 bits per heavy atom. The van der Waals surface area contributed by atoms with Crippen LogP contribution in [0.3, 0.4) is 0 Å². The lowest BCUT2D eigenvalue weighted by molar-refractivity contribution is -0.00325. The van der Waals surface area contributed by atoms with Crippen molar-refractivity contribution in [3.05, 3.63) is 12.4 Å². The van der Waals surface area contributed by atoms with Crippen LogP contribution in [-0.4, -0.2) is 47.7 Å². The molecule has 4 aliphatic heterocycles. The van der Waals surface area contributed by atoms with Gasteiger partial charge in [0.2, 0.25) is 0 Å². The van der Waals surface area contributed by atoms with Crippen molar-refractivity contribution in [1.29, 1.82) is 0 Å². The summed E-state index contributed by atoms with van der Waals surface area (Å²) in [5, 5.41) is 6.30. The van der Waals surface area contributed by atoms with Gasteiger partial charge in [0, 0.05) is 31.0 Å². The Morgan fingerprint density at radius 2 is 2.05 bits per heavy atom. The number of carbonyl (C=O) groups excluding carboxylic acids is 1. The Labute approximate surface area is 126 Å². The molecular weight excluding hydrogens is 264 g/mol. The molecule has 5 aliphatic rings. The molecule has 2 bridgehead atoms. The van der Waals surface area contributed by atoms with Gasteiger partial charge in [-0.3, -0.25) is 9.80 Å². The number of fused-ring (bicyclic) bond motifs is 3. The van der Waals surface area contributed by atoms with Crippen LogP contribution in [0.25, 0.3) is 0 Å². The highest BCUT2D eigenvalue weighted by Crippen LogP contribution is 2.40. The molecule has 1 aliphatic carbocycles. The van der Waals surface area contributed by atoms with E-state index >= 15 is 0 Å². The highest BCUT2D eigenvalue weighted by atomic mass is 16.2. The Bertz CT molecular complexity index is 432. The molecule has 3 unspecified atom stereocenters. The van der Waals surface area contributed by atoms with Crippen molar-refractivity contribution in [1.82, 2.24) is 20.4 Å². The number of hydrogen-bond acceptors (Lipinski definition) is 3. The van der Waals surface area contributed by atoms with Crippen molar-refractivity contribution in [3.8, 4) is 0 Å². The fourth-order valence-corrected chi connectivity index (χ4v) is 4.79. The summed E-state index contributed by atoms with van der Waals surface area (Å²) in [5.74, 6) is 1.61. The number of urea groups is 1. The average Bonchev–Trinajstić information content (AvgIpc) is 3.21. The Balaban J connectivity index is 1.37. The SMILES string of the molecule is O=C(N[C@H]1CN2CCC1CC2C1CCCC1)N1C=CNC1. The van der Waals surface area contributed by atoms with Crippen LogP contribution in [0, 0.1) is 11.8 Å². The Kier molecular flexibility index (Phi) is 3.53. The first-order valence-electron chi connectivity index (χ1n) is 8.52. The lowest BCUT2D eigenvalue weighted by Gasteiger charge is -2.52. The maximum Gasteiger partial charge on any atom is 0.323 e. The van der Waals surface area contributed by atoms with E-state index in [0.29, 0.717) is 18.6 Å². The van der Waals surface area contributed by atoms with Gasteiger partial charge < -0.3 is 10.6 Å². The second kappa shape index (κ2) is 5.52. The molecule has 21 heavy (non-hydrogen) atoms. The van der Waals surface area contributed by atoms with E-state index < -0.39 is 0 Å². The Hall–Kier alpha value is -1.23. The van der Waals surface area contributed by atoms with Gasteiger partial charge in [0.05, 0.1) is 6.67 Å². The van der Waals surface area contributed by atoms with Crippen molar-refractivity contribution in [2.75, 3.05) is 19.8 Å². The lowest BCUT2D eigenvalue weighted by atomic mass is 9.75. The predicted molar refractivity (Wildman–Crippen MR) is 81.3 cm³/mol. The van der Waals surface area contributed by atoms with Crippen LogP contribution in [0.5, 0.6) is 0 Å². The topological polar surface area (TPSA) is 47.6 Å². The van der Waals surface area contributed by atoms with Gasteiger partial charge in [-0.2, -0.15) is 0 Å². The van der Waals surface area contributed by atoms with E-state index in [2.05, 4.69) is 15.5 Å². The summed E-state index contributed by atoms with van der Waals surface area (Å²) in [4.78, 5) is 16.6. The molecule has 2 amide bonds. The normalized spacial score (nSPS) is 38.8. The first-order chi connectivity index (χ1) is 10.3. The molecule has 0 aromatic heterocycles. The number of piperidine rings is 3. The van der Waals surface area contributed by atoms with E-state index in [1.165, 1.54) is 45.1 Å². The van der Waals surface area contributed by atoms with Crippen LogP contribution in [0.1, 0.15) is 38.5 Å². The summed E-state index contributed by atoms with van der Waals surface area (Å²) >= 11 is 0. The molecule has 2 N–H and O–H groups in total. The third-order valence-corrected chi connectivity index (χ3v) is 5.95. The molecular formula is C16H26N4O. The largest absolute Gasteiger partial charge is 0.372 e. The fourth-order valence-electron chi connectivity index (χ4n) is 4.79. The second-order valence-corrected chi connectivity index (χ2v) is 7.10. The summed E-state index contributed by atoms with van der Waals surface area (Å²) in [6.45, 7) is 2.89. The molecule has 4 fully saturated rings. The van der Waals surface area contributed by atoms with E-state index in [-0.39, 0.29) is 6.03 Å². The monoisotopic (exact) mass is 290 g/mol. The van der Waals surface area contributed by atoms with Crippen molar-refractivity contribution < 1.29 is 4.79 Å². The van der Waals surface area contributed by atoms with Crippen molar-refractivity contribution >= 4 is 6.03 Å². The molecule has 0 aromatic carbocycles. The van der Waals surface area contributed by atoms with Crippen LogP contribution in [0.15, 0.2) is 12.4 Å². The van der Waals surface area contributed by atoms with E-state index in [1.807, 2.05) is 12.4 Å². The van der Waals surface area contributed by atoms with Crippen molar-refractivity contribution in [2.45, 2.75) is 50.6 Å². The van der Waals surface area contributed by atoms with Crippen LogP contribution in [-0.2, 0) is 0 Å². The Morgan fingerprint density at radius 1 is 1.19 bits per heavy atom. The maximum absolute atomic E-state index is 12.2. The van der Waals surface area contributed by atoms with Gasteiger partial charge in [0.1, 0.15) is 0 Å². The molecule has 0 aromatic rings. The number of hydrogen-bond donors (Lipinski definition) is 2. The number of nitrogens with zero attached hydrogens (tertiary/aromatic N) is 2. The quantitative estimate of drug-likeness (QED) is 0.813. The minimum absolute atomic E-state index is 0.0485. The predicted octanol–water partition coefficient (Wildman–Crippen LogP) is 1.68. The molecule has 0 radical (unpaired) electrons. The van der Waals surface area contributed by atoms with Crippen LogP contribution < -0.4 is 10.6 Å². The standard InChI is InChI=1S/C16H26N4O/c21-16(20-8-6-17-11-20)18-14-10-19-7-5-13(14)9-15(19)12-3-1-2-4-12/h6,8,12-15,17H,1-5,7,9-11H2,(H,18,21)/t13?,14-,15?/m0/s1. The maximum atomic E-state index is 12.2. The minimum Gasteiger partial charge on any atom is -0.372 e. The summed E-state index contributed by atoms with van der Waals surface area (Å²) in [6, 6.07) is 1.19. The molecule has 4 heterocycles. The number of carbonyl (C=O) groups is 1. The first-order valence-corrected chi connectivity index (χ1v) is 8.52. The average molecular weight is 290 g/mol. The molecule has 4 atom stereocenters. The van der Waals surface area contributed by atoms with Gasteiger partial charge in [-0.15, -0.1) is 0 Å². The highest BCUT2D eigenvalue weighted by molar-refractivity contribution is 5.76. The molecule has 5 nitrogen and oxygen atoms in total. The van der Waals surface area contributed by atoms with Crippen LogP contribution >= 0.6 is 0 Å². The van der Waals surface area contributed by atoms with Crippen LogP contribution in [0.2, 0.25) is 0 Å². The third-order valence-electron chi connectivity index (χ3n) is 5.95. The fraction of sp³-hybridized carbons (Fsp3) is 0.812. The minimum atomic E-state index is 0.0485. The number of rotatable bonds is 2. The highest BCUT2D eigenvalue weighted by Gasteiger charge is 2.44. The zero-order valence-corrected chi connectivity index (χ0v) is 12.6. The molecule has 5 rings (SSSR count). The van der Waals surface area contributed by atoms with Gasteiger partial charge in [-0.05, 0) is 44.1 Å². The second-order valence-electron chi connectivity index (χ2n) is 7.10. The number of nitrogens with one attached hydrogen (secondary N) is 2. The van der Waals surface area contributed by atoms with E-state index in [0.717, 1.165) is 18.5 Å². The van der Waals surface area contributed by atoms with Gasteiger partial charge in [-0.1, -0.05) is 12.8 Å². The van der Waals surface area contributed by atoms with Crippen molar-refractivity contribution in [2.24, 2.45) is 11.8 Å². The lowest BCUT2D eigenvalue weighted by Crippen LogP contribution is -2.63. The zero-order chi connectivity index (χ0) is 14.2. The van der Waals surface area contributed by atoms with E-state index in [1.54, 1.807) is 4.90 Å². The molecule has 3 saturated heterocycles. The van der Waals surface area contributed by atoms with Gasteiger partial charge in [-0.25, -0.2) is 4.79 Å². The smallest absolute Gasteiger partial charge is 0.323 e. The van der Waals surface area contributed by atoms with Crippen molar-refractivity contribution in [3.63, 3.8) is 0 Å². The molecule has 0 spiro atoms.